The molecule has 0 spiro atoms. The molecule has 24 heavy (non-hydrogen) atoms. The van der Waals surface area contributed by atoms with Crippen molar-refractivity contribution in [3.05, 3.63) is 51.9 Å². The number of esters is 1. The number of hydrogen-bond donors (Lipinski definition) is 1. The first kappa shape index (κ1) is 18.4. The number of carbonyl (C=O) groups excluding carboxylic acids is 2. The molecule has 1 radical (unpaired) electrons. The van der Waals surface area contributed by atoms with Crippen molar-refractivity contribution >= 4 is 49.0 Å². The van der Waals surface area contributed by atoms with Crippen LogP contribution in [0.25, 0.3) is 0 Å². The second kappa shape index (κ2) is 8.24. The Morgan fingerprint density at radius 1 is 1.25 bits per heavy atom. The fourth-order valence-electron chi connectivity index (χ4n) is 2.01. The third-order valence-electron chi connectivity index (χ3n) is 3.31. The molecule has 0 unspecified atom stereocenters. The zero-order chi connectivity index (χ0) is 17.7. The molecule has 5 nitrogen and oxygen atoms in total. The number of carbonyl (C=O) groups is 2. The Morgan fingerprint density at radius 2 is 1.92 bits per heavy atom. The summed E-state index contributed by atoms with van der Waals surface area (Å²) in [5, 5.41) is 3.20. The van der Waals surface area contributed by atoms with Crippen LogP contribution in [0.3, 0.4) is 0 Å². The molecule has 0 fully saturated rings. The SMILES string of the molecule is CCOC(=O)c1c(/N=C(\[Se])NC(=O)c2ccccc2)sc(C)c1C. The van der Waals surface area contributed by atoms with Crippen molar-refractivity contribution < 1.29 is 14.3 Å². The summed E-state index contributed by atoms with van der Waals surface area (Å²) in [6.45, 7) is 5.84. The number of hydrogen-bond acceptors (Lipinski definition) is 5. The maximum atomic E-state index is 12.1. The van der Waals surface area contributed by atoms with Crippen LogP contribution in [0.4, 0.5) is 5.00 Å². The predicted octanol–water partition coefficient (Wildman–Crippen LogP) is 3.13. The van der Waals surface area contributed by atoms with Gasteiger partial charge in [0.05, 0.1) is 0 Å². The molecule has 0 aliphatic rings. The first-order valence-corrected chi connectivity index (χ1v) is 9.00. The van der Waals surface area contributed by atoms with Crippen LogP contribution in [0.2, 0.25) is 0 Å². The minimum atomic E-state index is -0.403. The number of aryl methyl sites for hydroxylation is 1. The van der Waals surface area contributed by atoms with E-state index in [9.17, 15) is 9.59 Å². The predicted molar refractivity (Wildman–Crippen MR) is 96.5 cm³/mol. The van der Waals surface area contributed by atoms with E-state index in [1.165, 1.54) is 11.3 Å². The number of nitrogens with one attached hydrogen (secondary N) is 1. The van der Waals surface area contributed by atoms with Crippen molar-refractivity contribution in [3.8, 4) is 0 Å². The van der Waals surface area contributed by atoms with Gasteiger partial charge in [0.1, 0.15) is 0 Å². The Hall–Kier alpha value is -1.95. The molecule has 0 aliphatic heterocycles. The van der Waals surface area contributed by atoms with E-state index >= 15 is 0 Å². The number of benzene rings is 1. The molecule has 0 bridgehead atoms. The van der Waals surface area contributed by atoms with Gasteiger partial charge in [-0.05, 0) is 0 Å². The number of nitrogens with zero attached hydrogens (tertiary/aromatic N) is 1. The van der Waals surface area contributed by atoms with Crippen LogP contribution in [0.1, 0.15) is 38.1 Å². The van der Waals surface area contributed by atoms with Crippen LogP contribution < -0.4 is 5.32 Å². The molecule has 7 heteroatoms. The zero-order valence-electron chi connectivity index (χ0n) is 13.6. The Labute approximate surface area is 153 Å². The molecule has 0 aliphatic carbocycles. The number of thiophene rings is 1. The summed E-state index contributed by atoms with van der Waals surface area (Å²) in [4.78, 5) is 29.6. The fourth-order valence-corrected chi connectivity index (χ4v) is 3.55. The molecule has 0 saturated carbocycles. The first-order chi connectivity index (χ1) is 11.4. The first-order valence-electron chi connectivity index (χ1n) is 7.33. The summed E-state index contributed by atoms with van der Waals surface area (Å²) >= 11 is 4.11. The van der Waals surface area contributed by atoms with Gasteiger partial charge in [0.25, 0.3) is 0 Å². The van der Waals surface area contributed by atoms with Gasteiger partial charge in [0.2, 0.25) is 0 Å². The molecule has 1 amide bonds. The summed E-state index contributed by atoms with van der Waals surface area (Å²) in [5.74, 6) is -0.670. The van der Waals surface area contributed by atoms with Crippen molar-refractivity contribution in [1.82, 2.24) is 5.32 Å². The Balaban J connectivity index is 2.25. The molecule has 1 aromatic heterocycles. The van der Waals surface area contributed by atoms with E-state index in [-0.39, 0.29) is 5.91 Å². The van der Waals surface area contributed by atoms with Gasteiger partial charge in [-0.15, -0.1) is 0 Å². The Kier molecular flexibility index (Phi) is 6.31. The van der Waals surface area contributed by atoms with E-state index in [1.807, 2.05) is 19.9 Å². The molecule has 2 rings (SSSR count). The molecule has 2 aromatic rings. The van der Waals surface area contributed by atoms with Crippen LogP contribution in [0.5, 0.6) is 0 Å². The van der Waals surface area contributed by atoms with E-state index in [0.717, 1.165) is 10.4 Å². The van der Waals surface area contributed by atoms with Crippen LogP contribution in [0.15, 0.2) is 35.3 Å². The number of aliphatic imine (C=N–C) groups is 1. The summed E-state index contributed by atoms with van der Waals surface area (Å²) in [5.41, 5.74) is 1.82. The topological polar surface area (TPSA) is 67.8 Å². The summed E-state index contributed by atoms with van der Waals surface area (Å²) in [6, 6.07) is 8.84. The van der Waals surface area contributed by atoms with Crippen molar-refractivity contribution in [2.75, 3.05) is 6.61 Å². The molecule has 0 atom stereocenters. The summed E-state index contributed by atoms with van der Waals surface area (Å²) in [7, 11) is 0. The second-order valence-electron chi connectivity index (χ2n) is 4.92. The Bertz CT molecular complexity index is 785. The zero-order valence-corrected chi connectivity index (χ0v) is 16.1. The average Bonchev–Trinajstić information content (AvgIpc) is 2.82. The van der Waals surface area contributed by atoms with Crippen molar-refractivity contribution in [2.24, 2.45) is 4.99 Å². The van der Waals surface area contributed by atoms with Gasteiger partial charge in [-0.25, -0.2) is 0 Å². The van der Waals surface area contributed by atoms with Crippen LogP contribution in [-0.2, 0) is 4.74 Å². The summed E-state index contributed by atoms with van der Waals surface area (Å²) in [6.07, 6.45) is 0. The van der Waals surface area contributed by atoms with Crippen molar-refractivity contribution in [2.45, 2.75) is 20.8 Å². The molecular weight excluding hydrogens is 391 g/mol. The monoisotopic (exact) mass is 409 g/mol. The minimum absolute atomic E-state index is 0.268. The summed E-state index contributed by atoms with van der Waals surface area (Å²) < 4.78 is 5.40. The number of amidine groups is 1. The number of ether oxygens (including phenoxy) is 1. The van der Waals surface area contributed by atoms with Crippen LogP contribution in [0, 0.1) is 13.8 Å². The third-order valence-corrected chi connectivity index (χ3v) is 4.81. The van der Waals surface area contributed by atoms with Crippen LogP contribution >= 0.6 is 11.3 Å². The number of rotatable bonds is 4. The average molecular weight is 408 g/mol. The van der Waals surface area contributed by atoms with Crippen molar-refractivity contribution in [1.29, 1.82) is 0 Å². The number of amides is 1. The standard InChI is InChI=1S/C17H17N2O3SSe/c1-4-22-16(21)13-10(2)11(3)23-15(13)19-17(24)18-14(20)12-8-6-5-7-9-12/h5-9H,4H2,1-3H3,(H,18,19,20). The van der Waals surface area contributed by atoms with E-state index in [4.69, 9.17) is 4.74 Å². The van der Waals surface area contributed by atoms with Gasteiger partial charge in [-0.3, -0.25) is 0 Å². The van der Waals surface area contributed by atoms with E-state index in [1.54, 1.807) is 31.2 Å². The van der Waals surface area contributed by atoms with Crippen LogP contribution in [-0.4, -0.2) is 39.2 Å². The molecular formula is C17H17N2O3SSe. The van der Waals surface area contributed by atoms with Gasteiger partial charge in [-0.2, -0.15) is 0 Å². The quantitative estimate of drug-likeness (QED) is 0.366. The molecule has 125 valence electrons. The molecule has 1 N–H and O–H groups in total. The molecule has 1 aromatic carbocycles. The second-order valence-corrected chi connectivity index (χ2v) is 6.94. The van der Waals surface area contributed by atoms with E-state index in [0.29, 0.717) is 27.5 Å². The molecule has 0 saturated heterocycles. The van der Waals surface area contributed by atoms with E-state index < -0.39 is 5.97 Å². The normalized spacial score (nSPS) is 11.2. The fraction of sp³-hybridized carbons (Fsp3) is 0.235. The van der Waals surface area contributed by atoms with Gasteiger partial charge in [-0.1, -0.05) is 0 Å². The third kappa shape index (κ3) is 4.32. The maximum absolute atomic E-state index is 12.1. The van der Waals surface area contributed by atoms with Gasteiger partial charge in [0.15, 0.2) is 0 Å². The Morgan fingerprint density at radius 3 is 2.54 bits per heavy atom. The van der Waals surface area contributed by atoms with Crippen molar-refractivity contribution in [3.63, 3.8) is 0 Å². The molecule has 1 heterocycles. The van der Waals surface area contributed by atoms with E-state index in [2.05, 4.69) is 26.3 Å². The van der Waals surface area contributed by atoms with Gasteiger partial charge < -0.3 is 0 Å². The van der Waals surface area contributed by atoms with Gasteiger partial charge >= 0.3 is 153 Å². The van der Waals surface area contributed by atoms with Gasteiger partial charge in [0, 0.05) is 0 Å².